The molecule has 1 heterocycles. The minimum Gasteiger partial charge on any atom is -0.297 e. The van der Waals surface area contributed by atoms with Crippen LogP contribution in [0.1, 0.15) is 17.5 Å². The summed E-state index contributed by atoms with van der Waals surface area (Å²) in [4.78, 5) is 26.0. The smallest absolute Gasteiger partial charge is 0.297 e. The van der Waals surface area contributed by atoms with Gasteiger partial charge in [0.1, 0.15) is 5.15 Å². The van der Waals surface area contributed by atoms with Crippen LogP contribution in [0.25, 0.3) is 5.69 Å². The summed E-state index contributed by atoms with van der Waals surface area (Å²) in [6.07, 6.45) is 3.20. The van der Waals surface area contributed by atoms with Crippen LogP contribution in [0.15, 0.2) is 33.9 Å². The molecule has 1 aromatic carbocycles. The van der Waals surface area contributed by atoms with E-state index in [0.29, 0.717) is 5.69 Å². The van der Waals surface area contributed by atoms with Crippen LogP contribution >= 0.6 is 11.6 Å². The van der Waals surface area contributed by atoms with E-state index in [9.17, 15) is 9.59 Å². The van der Waals surface area contributed by atoms with Crippen LogP contribution in [0.5, 0.6) is 0 Å². The number of rotatable bonds is 1. The van der Waals surface area contributed by atoms with Gasteiger partial charge in [-0.25, -0.2) is 9.36 Å². The first kappa shape index (κ1) is 11.3. The Balaban J connectivity index is 2.22. The fourth-order valence-corrected chi connectivity index (χ4v) is 2.58. The second-order valence-corrected chi connectivity index (χ2v) is 4.81. The molecular formula is C13H11ClN2O2. The van der Waals surface area contributed by atoms with Crippen molar-refractivity contribution in [1.29, 1.82) is 0 Å². The molecule has 0 saturated heterocycles. The van der Waals surface area contributed by atoms with E-state index in [1.54, 1.807) is 6.07 Å². The highest BCUT2D eigenvalue weighted by Crippen LogP contribution is 2.23. The first-order valence-electron chi connectivity index (χ1n) is 5.79. The highest BCUT2D eigenvalue weighted by Gasteiger charge is 2.13. The first-order valence-corrected chi connectivity index (χ1v) is 6.17. The molecule has 1 N–H and O–H groups in total. The Morgan fingerprint density at radius 2 is 1.89 bits per heavy atom. The maximum atomic E-state index is 11.8. The number of hydrogen-bond donors (Lipinski definition) is 1. The zero-order chi connectivity index (χ0) is 12.7. The number of aromatic nitrogens is 2. The minimum atomic E-state index is -0.509. The molecule has 92 valence electrons. The summed E-state index contributed by atoms with van der Waals surface area (Å²) in [5, 5.41) is 0.0578. The summed E-state index contributed by atoms with van der Waals surface area (Å²) in [7, 11) is 0. The molecule has 0 unspecified atom stereocenters. The van der Waals surface area contributed by atoms with Crippen molar-refractivity contribution in [3.8, 4) is 5.69 Å². The van der Waals surface area contributed by atoms with Gasteiger partial charge < -0.3 is 0 Å². The second kappa shape index (κ2) is 4.14. The Morgan fingerprint density at radius 1 is 1.11 bits per heavy atom. The fourth-order valence-electron chi connectivity index (χ4n) is 2.41. The molecule has 5 heteroatoms. The topological polar surface area (TPSA) is 54.9 Å². The van der Waals surface area contributed by atoms with Crippen molar-refractivity contribution in [2.24, 2.45) is 0 Å². The van der Waals surface area contributed by atoms with Crippen LogP contribution in [0.2, 0.25) is 5.15 Å². The second-order valence-electron chi connectivity index (χ2n) is 4.40. The van der Waals surface area contributed by atoms with Crippen LogP contribution in [0.4, 0.5) is 0 Å². The molecule has 0 bridgehead atoms. The molecule has 0 radical (unpaired) electrons. The predicted octanol–water partition coefficient (Wildman–Crippen LogP) is 1.67. The summed E-state index contributed by atoms with van der Waals surface area (Å²) < 4.78 is 1.10. The number of H-pyrrole nitrogens is 1. The van der Waals surface area contributed by atoms with Gasteiger partial charge in [-0.1, -0.05) is 17.7 Å². The average molecular weight is 263 g/mol. The Hall–Kier alpha value is -1.81. The quantitative estimate of drug-likeness (QED) is 0.795. The number of aryl methyl sites for hydroxylation is 2. The largest absolute Gasteiger partial charge is 0.334 e. The van der Waals surface area contributed by atoms with E-state index in [1.165, 1.54) is 17.2 Å². The van der Waals surface area contributed by atoms with Crippen LogP contribution in [-0.4, -0.2) is 9.55 Å². The average Bonchev–Trinajstić information content (AvgIpc) is 2.74. The van der Waals surface area contributed by atoms with Crippen molar-refractivity contribution in [3.05, 3.63) is 61.4 Å². The third-order valence-corrected chi connectivity index (χ3v) is 3.44. The molecule has 1 aromatic heterocycles. The first-order chi connectivity index (χ1) is 8.65. The van der Waals surface area contributed by atoms with Gasteiger partial charge in [-0.2, -0.15) is 0 Å². The summed E-state index contributed by atoms with van der Waals surface area (Å²) in [5.41, 5.74) is 2.19. The van der Waals surface area contributed by atoms with E-state index < -0.39 is 11.2 Å². The highest BCUT2D eigenvalue weighted by molar-refractivity contribution is 6.29. The SMILES string of the molecule is O=c1cc(Cl)[nH]c(=O)n1-c1ccc2c(c1)CCC2. The molecule has 2 aromatic rings. The number of nitrogens with one attached hydrogen (secondary N) is 1. The molecule has 18 heavy (non-hydrogen) atoms. The normalized spacial score (nSPS) is 13.6. The van der Waals surface area contributed by atoms with Crippen LogP contribution in [-0.2, 0) is 12.8 Å². The van der Waals surface area contributed by atoms with Gasteiger partial charge in [0.2, 0.25) is 0 Å². The van der Waals surface area contributed by atoms with Crippen LogP contribution < -0.4 is 11.2 Å². The van der Waals surface area contributed by atoms with E-state index in [4.69, 9.17) is 11.6 Å². The van der Waals surface area contributed by atoms with Gasteiger partial charge in [0.05, 0.1) is 5.69 Å². The number of fused-ring (bicyclic) bond motifs is 1. The maximum Gasteiger partial charge on any atom is 0.334 e. The van der Waals surface area contributed by atoms with E-state index in [2.05, 4.69) is 4.98 Å². The van der Waals surface area contributed by atoms with E-state index in [-0.39, 0.29) is 5.15 Å². The number of aromatic amines is 1. The van der Waals surface area contributed by atoms with Gasteiger partial charge in [0, 0.05) is 6.07 Å². The lowest BCUT2D eigenvalue weighted by atomic mass is 10.1. The van der Waals surface area contributed by atoms with Crippen molar-refractivity contribution in [1.82, 2.24) is 9.55 Å². The zero-order valence-corrected chi connectivity index (χ0v) is 10.3. The molecule has 1 aliphatic carbocycles. The number of halogens is 1. The number of nitrogens with zero attached hydrogens (tertiary/aromatic N) is 1. The Morgan fingerprint density at radius 3 is 2.67 bits per heavy atom. The molecule has 3 rings (SSSR count). The fraction of sp³-hybridized carbons (Fsp3) is 0.231. The molecule has 0 spiro atoms. The molecular weight excluding hydrogens is 252 g/mol. The minimum absolute atomic E-state index is 0.0578. The molecule has 4 nitrogen and oxygen atoms in total. The standard InChI is InChI=1S/C13H11ClN2O2/c14-11-7-12(17)16(13(18)15-11)10-5-4-8-2-1-3-9(8)6-10/h4-7H,1-3H2,(H,15,18). The van der Waals surface area contributed by atoms with Crippen molar-refractivity contribution in [2.45, 2.75) is 19.3 Å². The lowest BCUT2D eigenvalue weighted by Gasteiger charge is -2.06. The summed E-state index contributed by atoms with van der Waals surface area (Å²) in [5.74, 6) is 0. The van der Waals surface area contributed by atoms with Crippen molar-refractivity contribution in [2.75, 3.05) is 0 Å². The van der Waals surface area contributed by atoms with Gasteiger partial charge in [0.15, 0.2) is 0 Å². The Labute approximate surface area is 108 Å². The Bertz CT molecular complexity index is 699. The van der Waals surface area contributed by atoms with Crippen molar-refractivity contribution < 1.29 is 0 Å². The predicted molar refractivity (Wildman–Crippen MR) is 69.7 cm³/mol. The lowest BCUT2D eigenvalue weighted by Crippen LogP contribution is -2.32. The molecule has 0 fully saturated rings. The Kier molecular flexibility index (Phi) is 2.59. The molecule has 0 atom stereocenters. The molecule has 1 aliphatic rings. The third kappa shape index (κ3) is 1.78. The van der Waals surface area contributed by atoms with Crippen LogP contribution in [0.3, 0.4) is 0 Å². The number of benzene rings is 1. The molecule has 0 aliphatic heterocycles. The van der Waals surface area contributed by atoms with Crippen molar-refractivity contribution >= 4 is 11.6 Å². The van der Waals surface area contributed by atoms with Crippen molar-refractivity contribution in [3.63, 3.8) is 0 Å². The van der Waals surface area contributed by atoms with Gasteiger partial charge >= 0.3 is 5.69 Å². The molecule has 0 amide bonds. The lowest BCUT2D eigenvalue weighted by molar-refractivity contribution is 0.873. The summed E-state index contributed by atoms with van der Waals surface area (Å²) in [6.45, 7) is 0. The number of hydrogen-bond acceptors (Lipinski definition) is 2. The zero-order valence-electron chi connectivity index (χ0n) is 9.57. The highest BCUT2D eigenvalue weighted by atomic mass is 35.5. The third-order valence-electron chi connectivity index (χ3n) is 3.24. The molecule has 0 saturated carbocycles. The van der Waals surface area contributed by atoms with Gasteiger partial charge in [-0.15, -0.1) is 0 Å². The van der Waals surface area contributed by atoms with Gasteiger partial charge in [-0.3, -0.25) is 9.78 Å². The van der Waals surface area contributed by atoms with Gasteiger partial charge in [0.25, 0.3) is 5.56 Å². The monoisotopic (exact) mass is 262 g/mol. The maximum absolute atomic E-state index is 11.8. The summed E-state index contributed by atoms with van der Waals surface area (Å²) >= 11 is 5.63. The van der Waals surface area contributed by atoms with E-state index >= 15 is 0 Å². The van der Waals surface area contributed by atoms with E-state index in [0.717, 1.165) is 23.8 Å². The van der Waals surface area contributed by atoms with E-state index in [1.807, 2.05) is 12.1 Å². The van der Waals surface area contributed by atoms with Crippen LogP contribution in [0, 0.1) is 0 Å². The summed E-state index contributed by atoms with van der Waals surface area (Å²) in [6, 6.07) is 6.90. The van der Waals surface area contributed by atoms with Gasteiger partial charge in [-0.05, 0) is 42.5 Å².